The van der Waals surface area contributed by atoms with Crippen LogP contribution in [0.25, 0.3) is 16.6 Å². The summed E-state index contributed by atoms with van der Waals surface area (Å²) in [6.45, 7) is 5.28. The molecule has 0 aliphatic rings. The maximum Gasteiger partial charge on any atom is 0.250 e. The number of fused-ring (bicyclic) bond motifs is 1. The van der Waals surface area contributed by atoms with Crippen LogP contribution in [-0.4, -0.2) is 20.5 Å². The molecule has 0 fully saturated rings. The third-order valence-electron chi connectivity index (χ3n) is 3.38. The molecule has 0 spiro atoms. The summed E-state index contributed by atoms with van der Waals surface area (Å²) in [5, 5.41) is 6.93. The molecule has 0 aliphatic heterocycles. The first-order valence-electron chi connectivity index (χ1n) is 6.82. The molecule has 3 N–H and O–H groups in total. The number of halogens is 1. The van der Waals surface area contributed by atoms with E-state index in [9.17, 15) is 4.79 Å². The molecule has 7 heteroatoms. The van der Waals surface area contributed by atoms with Crippen LogP contribution in [0.1, 0.15) is 6.92 Å². The van der Waals surface area contributed by atoms with Gasteiger partial charge in [-0.15, -0.1) is 0 Å². The highest BCUT2D eigenvalue weighted by molar-refractivity contribution is 9.10. The standard InChI is InChI=1S/C16H14BrN5O/c1-9(2)16(23)21-11-5-3-10(4-6-11)12-7-22-14(13(12)17)15(18)19-8-20-22/h3-8H,1H2,2H3,(H,21,23)(H2,18,19,20). The summed E-state index contributed by atoms with van der Waals surface area (Å²) in [5.74, 6) is 0.208. The number of nitrogens with two attached hydrogens (primary N) is 1. The smallest absolute Gasteiger partial charge is 0.250 e. The van der Waals surface area contributed by atoms with E-state index in [4.69, 9.17) is 5.73 Å². The van der Waals surface area contributed by atoms with Gasteiger partial charge in [0, 0.05) is 23.0 Å². The van der Waals surface area contributed by atoms with E-state index in [0.29, 0.717) is 17.1 Å². The molecule has 6 nitrogen and oxygen atoms in total. The third kappa shape index (κ3) is 2.83. The molecule has 1 amide bonds. The molecular weight excluding hydrogens is 358 g/mol. The first-order chi connectivity index (χ1) is 11.0. The van der Waals surface area contributed by atoms with E-state index >= 15 is 0 Å². The summed E-state index contributed by atoms with van der Waals surface area (Å²) in [7, 11) is 0. The third-order valence-corrected chi connectivity index (χ3v) is 4.18. The first kappa shape index (κ1) is 15.2. The van der Waals surface area contributed by atoms with Crippen LogP contribution in [0.4, 0.5) is 11.5 Å². The summed E-state index contributed by atoms with van der Waals surface area (Å²) in [6, 6.07) is 7.49. The highest BCUT2D eigenvalue weighted by Crippen LogP contribution is 2.35. The average molecular weight is 372 g/mol. The maximum atomic E-state index is 11.6. The number of hydrogen-bond donors (Lipinski definition) is 2. The lowest BCUT2D eigenvalue weighted by atomic mass is 10.1. The SMILES string of the molecule is C=C(C)C(=O)Nc1ccc(-c2cn3ncnc(N)c3c2Br)cc1. The van der Waals surface area contributed by atoms with Crippen LogP contribution < -0.4 is 11.1 Å². The van der Waals surface area contributed by atoms with Gasteiger partial charge in [-0.1, -0.05) is 18.7 Å². The van der Waals surface area contributed by atoms with E-state index in [2.05, 4.69) is 37.9 Å². The quantitative estimate of drug-likeness (QED) is 0.691. The van der Waals surface area contributed by atoms with Gasteiger partial charge in [0.15, 0.2) is 5.82 Å². The van der Waals surface area contributed by atoms with Crippen molar-refractivity contribution in [2.45, 2.75) is 6.92 Å². The number of amides is 1. The van der Waals surface area contributed by atoms with Gasteiger partial charge in [-0.25, -0.2) is 9.50 Å². The number of anilines is 2. The van der Waals surface area contributed by atoms with Crippen molar-refractivity contribution in [2.24, 2.45) is 0 Å². The molecule has 0 saturated heterocycles. The Labute approximate surface area is 141 Å². The van der Waals surface area contributed by atoms with Crippen molar-refractivity contribution in [3.05, 3.63) is 53.4 Å². The lowest BCUT2D eigenvalue weighted by Crippen LogP contribution is -2.11. The largest absolute Gasteiger partial charge is 0.382 e. The van der Waals surface area contributed by atoms with Gasteiger partial charge in [-0.2, -0.15) is 5.10 Å². The first-order valence-corrected chi connectivity index (χ1v) is 7.61. The van der Waals surface area contributed by atoms with Crippen molar-refractivity contribution in [3.63, 3.8) is 0 Å². The van der Waals surface area contributed by atoms with Crippen molar-refractivity contribution in [1.82, 2.24) is 14.6 Å². The summed E-state index contributed by atoms with van der Waals surface area (Å²) in [5.41, 5.74) is 9.70. The van der Waals surface area contributed by atoms with E-state index in [-0.39, 0.29) is 5.91 Å². The number of rotatable bonds is 3. The lowest BCUT2D eigenvalue weighted by molar-refractivity contribution is -0.112. The molecule has 0 saturated carbocycles. The molecule has 23 heavy (non-hydrogen) atoms. The number of carbonyl (C=O) groups is 1. The zero-order chi connectivity index (χ0) is 16.6. The molecule has 3 aromatic rings. The Morgan fingerprint density at radius 3 is 2.65 bits per heavy atom. The van der Waals surface area contributed by atoms with Gasteiger partial charge in [-0.05, 0) is 40.5 Å². The molecule has 116 valence electrons. The van der Waals surface area contributed by atoms with Crippen molar-refractivity contribution in [2.75, 3.05) is 11.1 Å². The van der Waals surface area contributed by atoms with Crippen LogP contribution in [-0.2, 0) is 4.79 Å². The second-order valence-electron chi connectivity index (χ2n) is 5.11. The Balaban J connectivity index is 1.97. The van der Waals surface area contributed by atoms with Crippen LogP contribution in [0.5, 0.6) is 0 Å². The summed E-state index contributed by atoms with van der Waals surface area (Å²) in [4.78, 5) is 15.6. The zero-order valence-electron chi connectivity index (χ0n) is 12.4. The molecule has 0 radical (unpaired) electrons. The minimum Gasteiger partial charge on any atom is -0.382 e. The summed E-state index contributed by atoms with van der Waals surface area (Å²) in [6.07, 6.45) is 3.29. The number of benzene rings is 1. The molecule has 0 bridgehead atoms. The number of nitrogen functional groups attached to an aromatic ring is 1. The molecule has 3 rings (SSSR count). The van der Waals surface area contributed by atoms with Gasteiger partial charge in [-0.3, -0.25) is 4.79 Å². The Morgan fingerprint density at radius 1 is 1.35 bits per heavy atom. The van der Waals surface area contributed by atoms with Gasteiger partial charge in [0.05, 0.1) is 4.47 Å². The molecule has 0 unspecified atom stereocenters. The molecule has 0 aliphatic carbocycles. The Hall–Kier alpha value is -2.67. The highest BCUT2D eigenvalue weighted by atomic mass is 79.9. The molecule has 1 aromatic carbocycles. The predicted octanol–water partition coefficient (Wildman–Crippen LogP) is 3.26. The van der Waals surface area contributed by atoms with E-state index < -0.39 is 0 Å². The van der Waals surface area contributed by atoms with Gasteiger partial charge in [0.1, 0.15) is 11.8 Å². The molecule has 2 aromatic heterocycles. The predicted molar refractivity (Wildman–Crippen MR) is 94.0 cm³/mol. The average Bonchev–Trinajstić information content (AvgIpc) is 2.86. The molecule has 0 atom stereocenters. The maximum absolute atomic E-state index is 11.6. The van der Waals surface area contributed by atoms with Crippen molar-refractivity contribution in [1.29, 1.82) is 0 Å². The summed E-state index contributed by atoms with van der Waals surface area (Å²) < 4.78 is 2.51. The van der Waals surface area contributed by atoms with E-state index in [1.54, 1.807) is 11.4 Å². The topological polar surface area (TPSA) is 85.3 Å². The van der Waals surface area contributed by atoms with E-state index in [0.717, 1.165) is 21.1 Å². The van der Waals surface area contributed by atoms with Gasteiger partial charge in [0.25, 0.3) is 5.91 Å². The number of carbonyl (C=O) groups excluding carboxylic acids is 1. The van der Waals surface area contributed by atoms with Crippen LogP contribution in [0, 0.1) is 0 Å². The Morgan fingerprint density at radius 2 is 2.04 bits per heavy atom. The Bertz CT molecular complexity index is 914. The van der Waals surface area contributed by atoms with E-state index in [1.807, 2.05) is 30.5 Å². The number of hydrogen-bond acceptors (Lipinski definition) is 4. The Kier molecular flexibility index (Phi) is 3.87. The highest BCUT2D eigenvalue weighted by Gasteiger charge is 2.14. The van der Waals surface area contributed by atoms with Gasteiger partial charge in [0.2, 0.25) is 0 Å². The van der Waals surface area contributed by atoms with Crippen molar-refractivity contribution in [3.8, 4) is 11.1 Å². The fourth-order valence-corrected chi connectivity index (χ4v) is 2.89. The normalized spacial score (nSPS) is 10.7. The van der Waals surface area contributed by atoms with Crippen LogP contribution in [0.3, 0.4) is 0 Å². The minimum absolute atomic E-state index is 0.198. The number of nitrogens with one attached hydrogen (secondary N) is 1. The second-order valence-corrected chi connectivity index (χ2v) is 5.90. The van der Waals surface area contributed by atoms with Gasteiger partial charge < -0.3 is 11.1 Å². The molecule has 2 heterocycles. The second kappa shape index (κ2) is 5.85. The fraction of sp³-hybridized carbons (Fsp3) is 0.0625. The monoisotopic (exact) mass is 371 g/mol. The minimum atomic E-state index is -0.198. The van der Waals surface area contributed by atoms with Gasteiger partial charge >= 0.3 is 0 Å². The zero-order valence-corrected chi connectivity index (χ0v) is 14.0. The van der Waals surface area contributed by atoms with E-state index in [1.165, 1.54) is 6.33 Å². The van der Waals surface area contributed by atoms with Crippen molar-refractivity contribution < 1.29 is 4.79 Å². The molecular formula is C16H14BrN5O. The number of nitrogens with zero attached hydrogens (tertiary/aromatic N) is 3. The van der Waals surface area contributed by atoms with Crippen LogP contribution in [0.2, 0.25) is 0 Å². The van der Waals surface area contributed by atoms with Crippen LogP contribution >= 0.6 is 15.9 Å². The fourth-order valence-electron chi connectivity index (χ4n) is 2.17. The summed E-state index contributed by atoms with van der Waals surface area (Å²) >= 11 is 3.56. The lowest BCUT2D eigenvalue weighted by Gasteiger charge is -2.06. The van der Waals surface area contributed by atoms with Crippen LogP contribution in [0.15, 0.2) is 53.4 Å². The van der Waals surface area contributed by atoms with Crippen molar-refractivity contribution >= 4 is 38.9 Å². The number of aromatic nitrogens is 3.